The molecular weight excluding hydrogens is 637 g/mol. The summed E-state index contributed by atoms with van der Waals surface area (Å²) in [6.07, 6.45) is 8.73. The molecule has 0 amide bonds. The normalized spacial score (nSPS) is 10.6. The molecule has 0 bridgehead atoms. The van der Waals surface area contributed by atoms with Gasteiger partial charge in [0.25, 0.3) is 0 Å². The van der Waals surface area contributed by atoms with Crippen LogP contribution in [0.5, 0.6) is 23.0 Å². The lowest BCUT2D eigenvalue weighted by Crippen LogP contribution is -2.30. The molecule has 12 nitrogen and oxygen atoms in total. The van der Waals surface area contributed by atoms with Crippen molar-refractivity contribution in [3.63, 3.8) is 0 Å². The number of nitrogens with one attached hydrogen (secondary N) is 4. The summed E-state index contributed by atoms with van der Waals surface area (Å²) in [5, 5.41) is 22.7. The van der Waals surface area contributed by atoms with Crippen molar-refractivity contribution >= 4 is 46.0 Å². The molecule has 0 saturated carbocycles. The van der Waals surface area contributed by atoms with Crippen LogP contribution in [0.2, 0.25) is 0 Å². The number of nitrogens with zero attached hydrogens (tertiary/aromatic N) is 4. The quantitative estimate of drug-likeness (QED) is 0.103. The van der Waals surface area contributed by atoms with Crippen LogP contribution in [-0.2, 0) is 19.5 Å². The average Bonchev–Trinajstić information content (AvgIpc) is 3.68. The zero-order valence-corrected chi connectivity index (χ0v) is 29.0. The van der Waals surface area contributed by atoms with Crippen molar-refractivity contribution in [1.82, 2.24) is 30.2 Å². The van der Waals surface area contributed by atoms with E-state index in [0.29, 0.717) is 56.4 Å². The zero-order valence-electron chi connectivity index (χ0n) is 27.4. The summed E-state index contributed by atoms with van der Waals surface area (Å²) >= 11 is 11.0. The van der Waals surface area contributed by atoms with E-state index in [9.17, 15) is 0 Å². The third-order valence-corrected chi connectivity index (χ3v) is 7.18. The van der Waals surface area contributed by atoms with Crippen LogP contribution in [0.1, 0.15) is 38.8 Å². The standard InChI is InChI=1S/C33H44N8O4S2/c1-5-42-28-11-9-24(17-30(28)44-7-3)13-15-34-32(46)38-26-19-36-40(21-26)23-41-22-27(20-37-41)39-33(47)35-16-14-25-10-12-29(43-6-2)31(18-25)45-8-4/h9-12,17-22H,5-8,13-16,23H2,1-4H3,(H2,34,38,46)(H2,35,39,47). The van der Waals surface area contributed by atoms with Gasteiger partial charge in [-0.15, -0.1) is 0 Å². The molecule has 2 aromatic carbocycles. The van der Waals surface area contributed by atoms with Crippen molar-refractivity contribution < 1.29 is 18.9 Å². The molecule has 0 aliphatic heterocycles. The first-order chi connectivity index (χ1) is 22.9. The summed E-state index contributed by atoms with van der Waals surface area (Å²) in [6, 6.07) is 12.0. The maximum absolute atomic E-state index is 5.73. The second kappa shape index (κ2) is 18.6. The molecular formula is C33H44N8O4S2. The minimum absolute atomic E-state index is 0.420. The van der Waals surface area contributed by atoms with Gasteiger partial charge in [0.05, 0.1) is 62.6 Å². The van der Waals surface area contributed by atoms with Crippen molar-refractivity contribution in [1.29, 1.82) is 0 Å². The minimum Gasteiger partial charge on any atom is -0.490 e. The fourth-order valence-corrected chi connectivity index (χ4v) is 5.09. The Balaban J connectivity index is 1.17. The van der Waals surface area contributed by atoms with Crippen LogP contribution >= 0.6 is 24.4 Å². The van der Waals surface area contributed by atoms with Crippen LogP contribution in [0.15, 0.2) is 61.2 Å². The van der Waals surface area contributed by atoms with E-state index in [1.54, 1.807) is 21.8 Å². The first kappa shape index (κ1) is 35.3. The van der Waals surface area contributed by atoms with Crippen molar-refractivity contribution in [2.45, 2.75) is 47.2 Å². The molecule has 0 saturated heterocycles. The molecule has 4 N–H and O–H groups in total. The molecule has 0 aliphatic rings. The Morgan fingerprint density at radius 2 is 1.02 bits per heavy atom. The SMILES string of the molecule is CCOc1ccc(CCNC(=S)Nc2cnn(Cn3cc(NC(=S)NCCc4ccc(OCC)c(OCC)c4)cn3)c2)cc1OCC. The van der Waals surface area contributed by atoms with Crippen molar-refractivity contribution in [3.8, 4) is 23.0 Å². The molecule has 47 heavy (non-hydrogen) atoms. The molecule has 0 aliphatic carbocycles. The number of aromatic nitrogens is 4. The Labute approximate surface area is 287 Å². The molecule has 14 heteroatoms. The maximum atomic E-state index is 5.73. The first-order valence-corrected chi connectivity index (χ1v) is 16.6. The molecule has 4 aromatic rings. The van der Waals surface area contributed by atoms with E-state index in [2.05, 4.69) is 31.5 Å². The molecule has 252 valence electrons. The van der Waals surface area contributed by atoms with E-state index in [-0.39, 0.29) is 0 Å². The lowest BCUT2D eigenvalue weighted by Gasteiger charge is -2.13. The topological polar surface area (TPSA) is 121 Å². The van der Waals surface area contributed by atoms with E-state index in [4.69, 9.17) is 43.4 Å². The Morgan fingerprint density at radius 3 is 1.43 bits per heavy atom. The van der Waals surface area contributed by atoms with Crippen LogP contribution < -0.4 is 40.2 Å². The number of hydrogen-bond donors (Lipinski definition) is 4. The number of hydrogen-bond acceptors (Lipinski definition) is 8. The van der Waals surface area contributed by atoms with Crippen LogP contribution in [0.3, 0.4) is 0 Å². The van der Waals surface area contributed by atoms with Crippen LogP contribution in [-0.4, -0.2) is 69.3 Å². The summed E-state index contributed by atoms with van der Waals surface area (Å²) in [7, 11) is 0. The lowest BCUT2D eigenvalue weighted by atomic mass is 10.1. The molecule has 0 radical (unpaired) electrons. The van der Waals surface area contributed by atoms with E-state index >= 15 is 0 Å². The molecule has 2 aromatic heterocycles. The molecule has 0 spiro atoms. The zero-order chi connectivity index (χ0) is 33.4. The van der Waals surface area contributed by atoms with E-state index in [1.807, 2.05) is 76.5 Å². The van der Waals surface area contributed by atoms with Crippen molar-refractivity contribution in [2.24, 2.45) is 0 Å². The van der Waals surface area contributed by atoms with Gasteiger partial charge in [0.15, 0.2) is 33.2 Å². The number of anilines is 2. The maximum Gasteiger partial charge on any atom is 0.170 e. The Kier molecular flexibility index (Phi) is 13.9. The van der Waals surface area contributed by atoms with E-state index in [0.717, 1.165) is 58.3 Å². The number of ether oxygens (including phenoxy) is 4. The fraction of sp³-hybridized carbons (Fsp3) is 0.394. The predicted octanol–water partition coefficient (Wildman–Crippen LogP) is 5.24. The molecule has 4 rings (SSSR count). The van der Waals surface area contributed by atoms with E-state index < -0.39 is 0 Å². The summed E-state index contributed by atoms with van der Waals surface area (Å²) in [4.78, 5) is 0. The van der Waals surface area contributed by atoms with Gasteiger partial charge in [-0.3, -0.25) is 0 Å². The average molecular weight is 681 g/mol. The molecule has 0 atom stereocenters. The highest BCUT2D eigenvalue weighted by Crippen LogP contribution is 2.29. The predicted molar refractivity (Wildman–Crippen MR) is 193 cm³/mol. The summed E-state index contributed by atoms with van der Waals surface area (Å²) in [5.41, 5.74) is 3.81. The van der Waals surface area contributed by atoms with E-state index in [1.165, 1.54) is 0 Å². The Morgan fingerprint density at radius 1 is 0.617 bits per heavy atom. The van der Waals surface area contributed by atoms with Gasteiger partial charge in [-0.05, 0) is 100 Å². The highest BCUT2D eigenvalue weighted by Gasteiger charge is 2.09. The van der Waals surface area contributed by atoms with Gasteiger partial charge < -0.3 is 40.2 Å². The Hall–Kier alpha value is -4.56. The van der Waals surface area contributed by atoms with Crippen LogP contribution in [0.25, 0.3) is 0 Å². The summed E-state index contributed by atoms with van der Waals surface area (Å²) in [6.45, 7) is 11.9. The van der Waals surface area contributed by atoms with Gasteiger partial charge in [-0.2, -0.15) is 10.2 Å². The van der Waals surface area contributed by atoms with Gasteiger partial charge in [-0.25, -0.2) is 9.36 Å². The van der Waals surface area contributed by atoms with Crippen LogP contribution in [0, 0.1) is 0 Å². The van der Waals surface area contributed by atoms with Gasteiger partial charge in [-0.1, -0.05) is 12.1 Å². The van der Waals surface area contributed by atoms with Crippen molar-refractivity contribution in [2.75, 3.05) is 50.2 Å². The monoisotopic (exact) mass is 680 g/mol. The highest BCUT2D eigenvalue weighted by molar-refractivity contribution is 7.80. The lowest BCUT2D eigenvalue weighted by molar-refractivity contribution is 0.287. The number of rotatable bonds is 18. The number of thiocarbonyl (C=S) groups is 2. The highest BCUT2D eigenvalue weighted by atomic mass is 32.1. The molecule has 0 unspecified atom stereocenters. The number of benzene rings is 2. The summed E-state index contributed by atoms with van der Waals surface area (Å²) < 4.78 is 26.3. The first-order valence-electron chi connectivity index (χ1n) is 15.8. The minimum atomic E-state index is 0.420. The smallest absolute Gasteiger partial charge is 0.170 e. The summed E-state index contributed by atoms with van der Waals surface area (Å²) in [5.74, 6) is 3.03. The van der Waals surface area contributed by atoms with Crippen LogP contribution in [0.4, 0.5) is 11.4 Å². The van der Waals surface area contributed by atoms with Crippen molar-refractivity contribution in [3.05, 3.63) is 72.3 Å². The second-order valence-corrected chi connectivity index (χ2v) is 11.1. The van der Waals surface area contributed by atoms with Gasteiger partial charge in [0.2, 0.25) is 0 Å². The third kappa shape index (κ3) is 11.3. The van der Waals surface area contributed by atoms with Gasteiger partial charge in [0.1, 0.15) is 6.67 Å². The van der Waals surface area contributed by atoms with Gasteiger partial charge in [0, 0.05) is 13.1 Å². The third-order valence-electron chi connectivity index (χ3n) is 6.69. The molecule has 0 fully saturated rings. The largest absolute Gasteiger partial charge is 0.490 e. The fourth-order valence-electron chi connectivity index (χ4n) is 4.65. The Bertz CT molecular complexity index is 1480. The van der Waals surface area contributed by atoms with Gasteiger partial charge >= 0.3 is 0 Å². The second-order valence-electron chi connectivity index (χ2n) is 10.2. The molecule has 2 heterocycles.